The third-order valence-electron chi connectivity index (χ3n) is 4.65. The molecule has 2 aliphatic heterocycles. The zero-order chi connectivity index (χ0) is 13.2. The summed E-state index contributed by atoms with van der Waals surface area (Å²) < 4.78 is 6.03. The van der Waals surface area contributed by atoms with Crippen LogP contribution in [0.3, 0.4) is 0 Å². The second-order valence-electron chi connectivity index (χ2n) is 6.07. The zero-order valence-corrected chi connectivity index (χ0v) is 11.7. The molecule has 3 nitrogen and oxygen atoms in total. The SMILES string of the molecule is CC1CN(CC2Cc3ccccc3O2)CCC1CN. The fourth-order valence-electron chi connectivity index (χ4n) is 3.44. The van der Waals surface area contributed by atoms with Gasteiger partial charge >= 0.3 is 0 Å². The number of para-hydroxylation sites is 1. The summed E-state index contributed by atoms with van der Waals surface area (Å²) in [7, 11) is 0. The van der Waals surface area contributed by atoms with Gasteiger partial charge in [0.2, 0.25) is 0 Å². The fraction of sp³-hybridized carbons (Fsp3) is 0.625. The average molecular weight is 260 g/mol. The van der Waals surface area contributed by atoms with Gasteiger partial charge in [0.25, 0.3) is 0 Å². The molecular formula is C16H24N2O. The molecule has 0 aliphatic carbocycles. The van der Waals surface area contributed by atoms with Crippen molar-refractivity contribution in [2.75, 3.05) is 26.2 Å². The molecular weight excluding hydrogens is 236 g/mol. The summed E-state index contributed by atoms with van der Waals surface area (Å²) in [6.45, 7) is 6.55. The van der Waals surface area contributed by atoms with Crippen molar-refractivity contribution in [3.8, 4) is 5.75 Å². The Kier molecular flexibility index (Phi) is 3.76. The molecule has 3 heteroatoms. The molecule has 0 amide bonds. The van der Waals surface area contributed by atoms with Crippen molar-refractivity contribution in [3.63, 3.8) is 0 Å². The van der Waals surface area contributed by atoms with Crippen LogP contribution in [-0.2, 0) is 6.42 Å². The van der Waals surface area contributed by atoms with Crippen molar-refractivity contribution in [1.82, 2.24) is 4.90 Å². The standard InChI is InChI=1S/C16H24N2O/c1-12-10-18(7-6-14(12)9-17)11-15-8-13-4-2-3-5-16(13)19-15/h2-5,12,14-15H,6-11,17H2,1H3. The first kappa shape index (κ1) is 12.9. The van der Waals surface area contributed by atoms with E-state index in [1.165, 1.54) is 18.5 Å². The van der Waals surface area contributed by atoms with Crippen LogP contribution in [0.25, 0.3) is 0 Å². The van der Waals surface area contributed by atoms with E-state index in [1.807, 2.05) is 0 Å². The van der Waals surface area contributed by atoms with Crippen LogP contribution in [0.4, 0.5) is 0 Å². The van der Waals surface area contributed by atoms with E-state index in [2.05, 4.69) is 36.1 Å². The van der Waals surface area contributed by atoms with Gasteiger partial charge in [-0.1, -0.05) is 25.1 Å². The van der Waals surface area contributed by atoms with E-state index in [0.717, 1.165) is 31.8 Å². The number of hydrogen-bond donors (Lipinski definition) is 1. The van der Waals surface area contributed by atoms with Gasteiger partial charge in [-0.3, -0.25) is 4.90 Å². The molecule has 0 saturated carbocycles. The quantitative estimate of drug-likeness (QED) is 0.902. The fourth-order valence-corrected chi connectivity index (χ4v) is 3.44. The summed E-state index contributed by atoms with van der Waals surface area (Å²) in [5, 5.41) is 0. The third-order valence-corrected chi connectivity index (χ3v) is 4.65. The van der Waals surface area contributed by atoms with E-state index in [1.54, 1.807) is 0 Å². The van der Waals surface area contributed by atoms with Crippen LogP contribution in [-0.4, -0.2) is 37.2 Å². The summed E-state index contributed by atoms with van der Waals surface area (Å²) in [5.74, 6) is 2.50. The van der Waals surface area contributed by atoms with Crippen LogP contribution < -0.4 is 10.5 Å². The lowest BCUT2D eigenvalue weighted by atomic mass is 9.87. The van der Waals surface area contributed by atoms with Crippen LogP contribution in [0.15, 0.2) is 24.3 Å². The number of nitrogens with zero attached hydrogens (tertiary/aromatic N) is 1. The van der Waals surface area contributed by atoms with Crippen LogP contribution in [0.2, 0.25) is 0 Å². The smallest absolute Gasteiger partial charge is 0.123 e. The molecule has 19 heavy (non-hydrogen) atoms. The highest BCUT2D eigenvalue weighted by Gasteiger charge is 2.29. The Morgan fingerprint density at radius 2 is 2.21 bits per heavy atom. The van der Waals surface area contributed by atoms with Crippen molar-refractivity contribution in [3.05, 3.63) is 29.8 Å². The molecule has 0 bridgehead atoms. The van der Waals surface area contributed by atoms with E-state index >= 15 is 0 Å². The van der Waals surface area contributed by atoms with Gasteiger partial charge in [0.05, 0.1) is 0 Å². The van der Waals surface area contributed by atoms with Crippen molar-refractivity contribution >= 4 is 0 Å². The minimum atomic E-state index is 0.332. The monoisotopic (exact) mass is 260 g/mol. The second-order valence-corrected chi connectivity index (χ2v) is 6.07. The normalized spacial score (nSPS) is 30.9. The minimum absolute atomic E-state index is 0.332. The topological polar surface area (TPSA) is 38.5 Å². The molecule has 2 N–H and O–H groups in total. The number of hydrogen-bond acceptors (Lipinski definition) is 3. The third kappa shape index (κ3) is 2.77. The van der Waals surface area contributed by atoms with Gasteiger partial charge < -0.3 is 10.5 Å². The molecule has 1 aromatic carbocycles. The van der Waals surface area contributed by atoms with Crippen LogP contribution in [0.5, 0.6) is 5.75 Å². The van der Waals surface area contributed by atoms with E-state index in [4.69, 9.17) is 10.5 Å². The first-order chi connectivity index (χ1) is 9.26. The molecule has 0 aromatic heterocycles. The zero-order valence-electron chi connectivity index (χ0n) is 11.7. The largest absolute Gasteiger partial charge is 0.488 e. The molecule has 1 saturated heterocycles. The maximum atomic E-state index is 6.03. The Morgan fingerprint density at radius 3 is 2.95 bits per heavy atom. The Hall–Kier alpha value is -1.06. The predicted octanol–water partition coefficient (Wildman–Crippen LogP) is 1.91. The lowest BCUT2D eigenvalue weighted by Crippen LogP contribution is -2.45. The van der Waals surface area contributed by atoms with Crippen molar-refractivity contribution in [2.45, 2.75) is 25.9 Å². The molecule has 3 atom stereocenters. The van der Waals surface area contributed by atoms with Gasteiger partial charge in [-0.05, 0) is 43.0 Å². The molecule has 3 unspecified atom stereocenters. The molecule has 1 fully saturated rings. The van der Waals surface area contributed by atoms with Gasteiger partial charge in [-0.2, -0.15) is 0 Å². The van der Waals surface area contributed by atoms with E-state index in [-0.39, 0.29) is 0 Å². The van der Waals surface area contributed by atoms with Gasteiger partial charge in [0.1, 0.15) is 11.9 Å². The lowest BCUT2D eigenvalue weighted by molar-refractivity contribution is 0.0887. The number of rotatable bonds is 3. The number of likely N-dealkylation sites (tertiary alicyclic amines) is 1. The Labute approximate surface area is 115 Å². The van der Waals surface area contributed by atoms with Gasteiger partial charge in [0, 0.05) is 19.5 Å². The number of fused-ring (bicyclic) bond motifs is 1. The Balaban J connectivity index is 1.54. The number of benzene rings is 1. The van der Waals surface area contributed by atoms with E-state index in [0.29, 0.717) is 17.9 Å². The maximum absolute atomic E-state index is 6.03. The molecule has 1 aromatic rings. The van der Waals surface area contributed by atoms with Crippen molar-refractivity contribution in [2.24, 2.45) is 17.6 Å². The molecule has 104 valence electrons. The van der Waals surface area contributed by atoms with Crippen LogP contribution >= 0.6 is 0 Å². The highest BCUT2D eigenvalue weighted by atomic mass is 16.5. The van der Waals surface area contributed by atoms with E-state index < -0.39 is 0 Å². The molecule has 2 aliphatic rings. The van der Waals surface area contributed by atoms with Gasteiger partial charge in [-0.15, -0.1) is 0 Å². The summed E-state index contributed by atoms with van der Waals surface area (Å²) in [6, 6.07) is 8.41. The summed E-state index contributed by atoms with van der Waals surface area (Å²) in [4.78, 5) is 2.55. The highest BCUT2D eigenvalue weighted by Crippen LogP contribution is 2.29. The van der Waals surface area contributed by atoms with Crippen molar-refractivity contribution in [1.29, 1.82) is 0 Å². The highest BCUT2D eigenvalue weighted by molar-refractivity contribution is 5.37. The molecule has 0 spiro atoms. The van der Waals surface area contributed by atoms with Gasteiger partial charge in [0.15, 0.2) is 0 Å². The molecule has 0 radical (unpaired) electrons. The summed E-state index contributed by atoms with van der Waals surface area (Å²) >= 11 is 0. The van der Waals surface area contributed by atoms with E-state index in [9.17, 15) is 0 Å². The Bertz CT molecular complexity index is 410. The molecule has 3 rings (SSSR count). The number of ether oxygens (including phenoxy) is 1. The van der Waals surface area contributed by atoms with Gasteiger partial charge in [-0.25, -0.2) is 0 Å². The molecule has 2 heterocycles. The van der Waals surface area contributed by atoms with Crippen LogP contribution in [0.1, 0.15) is 18.9 Å². The summed E-state index contributed by atoms with van der Waals surface area (Å²) in [5.41, 5.74) is 7.18. The van der Waals surface area contributed by atoms with Crippen molar-refractivity contribution < 1.29 is 4.74 Å². The average Bonchev–Trinajstić information content (AvgIpc) is 2.81. The number of nitrogens with two attached hydrogens (primary N) is 1. The first-order valence-electron chi connectivity index (χ1n) is 7.43. The predicted molar refractivity (Wildman–Crippen MR) is 77.3 cm³/mol. The summed E-state index contributed by atoms with van der Waals surface area (Å²) in [6.07, 6.45) is 2.62. The lowest BCUT2D eigenvalue weighted by Gasteiger charge is -2.37. The second kappa shape index (κ2) is 5.51. The van der Waals surface area contributed by atoms with Crippen LogP contribution in [0, 0.1) is 11.8 Å². The minimum Gasteiger partial charge on any atom is -0.488 e. The maximum Gasteiger partial charge on any atom is 0.123 e. The number of piperidine rings is 1. The Morgan fingerprint density at radius 1 is 1.37 bits per heavy atom. The first-order valence-corrected chi connectivity index (χ1v) is 7.43.